The number of hydrogen-bond donors (Lipinski definition) is 2. The van der Waals surface area contributed by atoms with E-state index < -0.39 is 6.10 Å². The van der Waals surface area contributed by atoms with Gasteiger partial charge in [0.1, 0.15) is 5.76 Å². The Morgan fingerprint density at radius 1 is 1.57 bits per heavy atom. The van der Waals surface area contributed by atoms with E-state index in [0.29, 0.717) is 23.8 Å². The van der Waals surface area contributed by atoms with E-state index in [2.05, 4.69) is 10.3 Å². The normalized spacial score (nSPS) is 12.3. The molecule has 0 spiro atoms. The van der Waals surface area contributed by atoms with Crippen LogP contribution in [0.1, 0.15) is 31.2 Å². The van der Waals surface area contributed by atoms with Crippen LogP contribution >= 0.6 is 11.3 Å². The number of amides is 1. The van der Waals surface area contributed by atoms with Crippen LogP contribution in [0.3, 0.4) is 0 Å². The van der Waals surface area contributed by atoms with Crippen molar-refractivity contribution >= 4 is 17.2 Å². The van der Waals surface area contributed by atoms with Crippen molar-refractivity contribution in [3.05, 3.63) is 28.3 Å². The molecule has 2 rings (SSSR count). The molecule has 1 amide bonds. The van der Waals surface area contributed by atoms with E-state index in [1.165, 1.54) is 0 Å². The maximum absolute atomic E-state index is 11.9. The quantitative estimate of drug-likeness (QED) is 0.824. The Morgan fingerprint density at radius 2 is 2.38 bits per heavy atom. The Balaban J connectivity index is 1.92. The van der Waals surface area contributed by atoms with Gasteiger partial charge in [-0.2, -0.15) is 11.3 Å². The van der Waals surface area contributed by atoms with Crippen molar-refractivity contribution in [3.63, 3.8) is 0 Å². The van der Waals surface area contributed by atoms with Crippen molar-refractivity contribution in [1.82, 2.24) is 10.3 Å². The molecule has 0 saturated heterocycles. The van der Waals surface area contributed by atoms with E-state index in [-0.39, 0.29) is 18.9 Å². The lowest BCUT2D eigenvalue weighted by Gasteiger charge is -2.10. The number of aliphatic hydroxyl groups excluding tert-OH is 1. The zero-order valence-corrected chi connectivity index (χ0v) is 13.1. The van der Waals surface area contributed by atoms with Crippen LogP contribution in [0.4, 0.5) is 0 Å². The summed E-state index contributed by atoms with van der Waals surface area (Å²) in [5, 5.41) is 16.2. The first kappa shape index (κ1) is 15.7. The van der Waals surface area contributed by atoms with Crippen molar-refractivity contribution in [1.29, 1.82) is 0 Å². The van der Waals surface area contributed by atoms with Crippen LogP contribution in [0.25, 0.3) is 11.5 Å². The molecule has 1 unspecified atom stereocenters. The van der Waals surface area contributed by atoms with Crippen molar-refractivity contribution in [3.8, 4) is 11.5 Å². The van der Waals surface area contributed by atoms with Crippen molar-refractivity contribution in [2.75, 3.05) is 6.54 Å². The average Bonchev–Trinajstić information content (AvgIpc) is 3.07. The van der Waals surface area contributed by atoms with Crippen LogP contribution in [0.15, 0.2) is 21.2 Å². The summed E-state index contributed by atoms with van der Waals surface area (Å²) < 4.78 is 5.59. The lowest BCUT2D eigenvalue weighted by molar-refractivity contribution is -0.121. The molecule has 0 aliphatic heterocycles. The van der Waals surface area contributed by atoms with Crippen LogP contribution in [0, 0.1) is 6.92 Å². The van der Waals surface area contributed by atoms with Gasteiger partial charge in [0.2, 0.25) is 11.8 Å². The lowest BCUT2D eigenvalue weighted by Crippen LogP contribution is -2.33. The van der Waals surface area contributed by atoms with E-state index in [1.807, 2.05) is 23.8 Å². The number of hydrogen-bond acceptors (Lipinski definition) is 5. The SMILES string of the molecule is CCCC(O)CNC(=O)Cc1nc(-c2ccsc2)oc1C. The number of carbonyl (C=O) groups excluding carboxylic acids is 1. The first-order chi connectivity index (χ1) is 10.1. The fourth-order valence-corrected chi connectivity index (χ4v) is 2.61. The molecule has 2 aromatic rings. The first-order valence-corrected chi connectivity index (χ1v) is 7.98. The molecule has 5 nitrogen and oxygen atoms in total. The second kappa shape index (κ2) is 7.38. The molecule has 0 bridgehead atoms. The molecule has 0 aliphatic carbocycles. The number of nitrogens with zero attached hydrogens (tertiary/aromatic N) is 1. The maximum Gasteiger partial charge on any atom is 0.227 e. The number of nitrogens with one attached hydrogen (secondary N) is 1. The molecule has 0 aliphatic rings. The summed E-state index contributed by atoms with van der Waals surface area (Å²) in [5.74, 6) is 1.04. The standard InChI is InChI=1S/C15H20N2O3S/c1-3-4-12(18)8-16-14(19)7-13-10(2)20-15(17-13)11-5-6-21-9-11/h5-6,9,12,18H,3-4,7-8H2,1-2H3,(H,16,19). The van der Waals surface area contributed by atoms with Crippen LogP contribution in [-0.2, 0) is 11.2 Å². The lowest BCUT2D eigenvalue weighted by atomic mass is 10.2. The van der Waals surface area contributed by atoms with E-state index in [0.717, 1.165) is 12.0 Å². The van der Waals surface area contributed by atoms with Gasteiger partial charge in [-0.25, -0.2) is 4.98 Å². The number of aliphatic hydroxyl groups is 1. The summed E-state index contributed by atoms with van der Waals surface area (Å²) in [4.78, 5) is 16.2. The van der Waals surface area contributed by atoms with Crippen LogP contribution in [0.5, 0.6) is 0 Å². The highest BCUT2D eigenvalue weighted by Gasteiger charge is 2.15. The molecule has 2 aromatic heterocycles. The summed E-state index contributed by atoms with van der Waals surface area (Å²) in [6, 6.07) is 1.93. The molecular formula is C15H20N2O3S. The molecule has 2 N–H and O–H groups in total. The molecule has 114 valence electrons. The topological polar surface area (TPSA) is 75.4 Å². The largest absolute Gasteiger partial charge is 0.441 e. The third-order valence-electron chi connectivity index (χ3n) is 3.15. The van der Waals surface area contributed by atoms with Gasteiger partial charge in [0.15, 0.2) is 0 Å². The number of rotatable bonds is 7. The predicted octanol–water partition coefficient (Wildman–Crippen LogP) is 2.53. The Morgan fingerprint density at radius 3 is 3.05 bits per heavy atom. The highest BCUT2D eigenvalue weighted by molar-refractivity contribution is 7.08. The minimum Gasteiger partial charge on any atom is -0.441 e. The van der Waals surface area contributed by atoms with Gasteiger partial charge in [-0.1, -0.05) is 13.3 Å². The monoisotopic (exact) mass is 308 g/mol. The smallest absolute Gasteiger partial charge is 0.227 e. The van der Waals surface area contributed by atoms with Crippen LogP contribution in [0.2, 0.25) is 0 Å². The number of thiophene rings is 1. The number of carbonyl (C=O) groups is 1. The second-order valence-corrected chi connectivity index (χ2v) is 5.74. The molecule has 0 fully saturated rings. The predicted molar refractivity (Wildman–Crippen MR) is 82.2 cm³/mol. The highest BCUT2D eigenvalue weighted by Crippen LogP contribution is 2.23. The zero-order chi connectivity index (χ0) is 15.2. The van der Waals surface area contributed by atoms with E-state index >= 15 is 0 Å². The molecule has 0 radical (unpaired) electrons. The van der Waals surface area contributed by atoms with Crippen LogP contribution < -0.4 is 5.32 Å². The van der Waals surface area contributed by atoms with Gasteiger partial charge in [-0.15, -0.1) is 0 Å². The van der Waals surface area contributed by atoms with E-state index in [1.54, 1.807) is 18.3 Å². The molecule has 0 saturated carbocycles. The third-order valence-corrected chi connectivity index (χ3v) is 3.83. The average molecular weight is 308 g/mol. The summed E-state index contributed by atoms with van der Waals surface area (Å²) in [6.07, 6.45) is 1.26. The van der Waals surface area contributed by atoms with Crippen molar-refractivity contribution < 1.29 is 14.3 Å². The summed E-state index contributed by atoms with van der Waals surface area (Å²) in [6.45, 7) is 4.08. The fraction of sp³-hybridized carbons (Fsp3) is 0.467. The van der Waals surface area contributed by atoms with Crippen LogP contribution in [-0.4, -0.2) is 28.6 Å². The molecule has 1 atom stereocenters. The van der Waals surface area contributed by atoms with Gasteiger partial charge in [-0.3, -0.25) is 4.79 Å². The Kier molecular flexibility index (Phi) is 5.52. The van der Waals surface area contributed by atoms with Crippen molar-refractivity contribution in [2.24, 2.45) is 0 Å². The minimum absolute atomic E-state index is 0.154. The molecule has 21 heavy (non-hydrogen) atoms. The van der Waals surface area contributed by atoms with Gasteiger partial charge < -0.3 is 14.8 Å². The van der Waals surface area contributed by atoms with Gasteiger partial charge >= 0.3 is 0 Å². The Bertz CT molecular complexity index is 578. The molecule has 0 aromatic carbocycles. The molecule has 6 heteroatoms. The van der Waals surface area contributed by atoms with Gasteiger partial charge in [0.05, 0.1) is 18.2 Å². The number of aryl methyl sites for hydroxylation is 1. The van der Waals surface area contributed by atoms with Crippen molar-refractivity contribution in [2.45, 2.75) is 39.2 Å². The van der Waals surface area contributed by atoms with Gasteiger partial charge in [0.25, 0.3) is 0 Å². The molecular weight excluding hydrogens is 288 g/mol. The molecule has 2 heterocycles. The zero-order valence-electron chi connectivity index (χ0n) is 12.3. The second-order valence-electron chi connectivity index (χ2n) is 4.96. The highest BCUT2D eigenvalue weighted by atomic mass is 32.1. The Hall–Kier alpha value is -1.66. The number of oxazole rings is 1. The van der Waals surface area contributed by atoms with E-state index in [9.17, 15) is 9.90 Å². The van der Waals surface area contributed by atoms with Gasteiger partial charge in [-0.05, 0) is 24.8 Å². The summed E-state index contributed by atoms with van der Waals surface area (Å²) in [7, 11) is 0. The Labute approximate surface area is 128 Å². The summed E-state index contributed by atoms with van der Waals surface area (Å²) in [5.41, 5.74) is 1.56. The van der Waals surface area contributed by atoms with Gasteiger partial charge in [0, 0.05) is 17.5 Å². The first-order valence-electron chi connectivity index (χ1n) is 7.03. The maximum atomic E-state index is 11.9. The third kappa shape index (κ3) is 4.41. The summed E-state index contributed by atoms with van der Waals surface area (Å²) >= 11 is 1.57. The minimum atomic E-state index is -0.487. The van der Waals surface area contributed by atoms with E-state index in [4.69, 9.17) is 4.42 Å². The number of aromatic nitrogens is 1. The fourth-order valence-electron chi connectivity index (χ4n) is 1.98.